The largest absolute Gasteiger partial charge is 0.192 e. The maximum Gasteiger partial charge on any atom is 0.101 e. The average Bonchev–Trinajstić information content (AvgIpc) is 2.65. The van der Waals surface area contributed by atoms with Gasteiger partial charge in [0.25, 0.3) is 0 Å². The predicted octanol–water partition coefficient (Wildman–Crippen LogP) is 3.11. The van der Waals surface area contributed by atoms with Crippen molar-refractivity contribution in [1.29, 1.82) is 10.5 Å². The summed E-state index contributed by atoms with van der Waals surface area (Å²) in [4.78, 5) is 0. The second kappa shape index (κ2) is 2.95. The minimum Gasteiger partial charge on any atom is -0.192 e. The first-order valence-electron chi connectivity index (χ1n) is 4.94. The van der Waals surface area contributed by atoms with Crippen molar-refractivity contribution in [3.63, 3.8) is 0 Å². The van der Waals surface area contributed by atoms with E-state index in [4.69, 9.17) is 10.5 Å². The zero-order valence-corrected chi connectivity index (χ0v) is 8.36. The van der Waals surface area contributed by atoms with Gasteiger partial charge in [-0.25, -0.2) is 0 Å². The molecular formula is C14H6N2. The quantitative estimate of drug-likeness (QED) is 0.659. The minimum atomic E-state index is 0.495. The lowest BCUT2D eigenvalue weighted by Gasteiger charge is -2.00. The SMILES string of the molecule is N#CC1=C(C#N)c2cccc3cccc1c23. The second-order valence-electron chi connectivity index (χ2n) is 3.68. The number of hydrogen-bond acceptors (Lipinski definition) is 2. The van der Waals surface area contributed by atoms with Gasteiger partial charge in [0, 0.05) is 11.1 Å². The fourth-order valence-electron chi connectivity index (χ4n) is 2.26. The summed E-state index contributed by atoms with van der Waals surface area (Å²) < 4.78 is 0. The summed E-state index contributed by atoms with van der Waals surface area (Å²) >= 11 is 0. The number of hydrogen-bond donors (Lipinski definition) is 0. The molecule has 2 aromatic rings. The first-order chi connectivity index (χ1) is 7.86. The van der Waals surface area contributed by atoms with Crippen LogP contribution in [0, 0.1) is 22.7 Å². The zero-order chi connectivity index (χ0) is 11.1. The maximum absolute atomic E-state index is 9.13. The van der Waals surface area contributed by atoms with Crippen LogP contribution in [-0.2, 0) is 0 Å². The molecule has 0 fully saturated rings. The Hall–Kier alpha value is -2.58. The number of rotatable bonds is 0. The molecule has 0 amide bonds. The molecular weight excluding hydrogens is 196 g/mol. The van der Waals surface area contributed by atoms with Crippen LogP contribution in [0.2, 0.25) is 0 Å². The molecule has 0 saturated heterocycles. The molecule has 0 unspecified atom stereocenters. The van der Waals surface area contributed by atoms with Gasteiger partial charge in [0.1, 0.15) is 12.1 Å². The first kappa shape index (κ1) is 8.71. The second-order valence-corrected chi connectivity index (χ2v) is 3.68. The van der Waals surface area contributed by atoms with Crippen molar-refractivity contribution in [3.8, 4) is 12.1 Å². The Morgan fingerprint density at radius 3 is 1.69 bits per heavy atom. The van der Waals surface area contributed by atoms with Gasteiger partial charge in [-0.3, -0.25) is 0 Å². The molecule has 0 spiro atoms. The van der Waals surface area contributed by atoms with Crippen molar-refractivity contribution in [2.45, 2.75) is 0 Å². The van der Waals surface area contributed by atoms with Crippen LogP contribution in [0.15, 0.2) is 36.4 Å². The van der Waals surface area contributed by atoms with Gasteiger partial charge in [-0.15, -0.1) is 0 Å². The number of allylic oxidation sites excluding steroid dienone is 2. The Balaban J connectivity index is 2.57. The van der Waals surface area contributed by atoms with E-state index in [1.54, 1.807) is 0 Å². The summed E-state index contributed by atoms with van der Waals surface area (Å²) in [7, 11) is 0. The number of nitriles is 2. The lowest BCUT2D eigenvalue weighted by atomic mass is 10.0. The Bertz CT molecular complexity index is 666. The van der Waals surface area contributed by atoms with Crippen LogP contribution in [0.1, 0.15) is 11.1 Å². The van der Waals surface area contributed by atoms with E-state index in [0.717, 1.165) is 21.9 Å². The van der Waals surface area contributed by atoms with Gasteiger partial charge in [0.2, 0.25) is 0 Å². The summed E-state index contributed by atoms with van der Waals surface area (Å²) in [6.45, 7) is 0. The van der Waals surface area contributed by atoms with Gasteiger partial charge in [0.15, 0.2) is 0 Å². The highest BCUT2D eigenvalue weighted by Gasteiger charge is 2.23. The van der Waals surface area contributed by atoms with E-state index in [0.29, 0.717) is 11.1 Å². The van der Waals surface area contributed by atoms with E-state index in [1.165, 1.54) is 0 Å². The number of nitrogens with zero attached hydrogens (tertiary/aromatic N) is 2. The zero-order valence-electron chi connectivity index (χ0n) is 8.36. The maximum atomic E-state index is 9.13. The fourth-order valence-corrected chi connectivity index (χ4v) is 2.26. The first-order valence-corrected chi connectivity index (χ1v) is 4.94. The average molecular weight is 202 g/mol. The standard InChI is InChI=1S/C14H6N2/c15-7-12-10-5-1-3-9-4-2-6-11(14(9)10)13(12)8-16/h1-6H. The van der Waals surface area contributed by atoms with Gasteiger partial charge in [0.05, 0.1) is 11.1 Å². The Labute approximate surface area is 92.7 Å². The van der Waals surface area contributed by atoms with Crippen molar-refractivity contribution in [1.82, 2.24) is 0 Å². The van der Waals surface area contributed by atoms with E-state index in [-0.39, 0.29) is 0 Å². The molecule has 72 valence electrons. The molecule has 2 aromatic carbocycles. The minimum absolute atomic E-state index is 0.495. The van der Waals surface area contributed by atoms with E-state index in [2.05, 4.69) is 12.1 Å². The molecule has 1 aliphatic carbocycles. The molecule has 0 saturated carbocycles. The van der Waals surface area contributed by atoms with Crippen LogP contribution < -0.4 is 0 Å². The summed E-state index contributed by atoms with van der Waals surface area (Å²) in [5, 5.41) is 20.4. The Morgan fingerprint density at radius 2 is 1.25 bits per heavy atom. The van der Waals surface area contributed by atoms with Crippen LogP contribution in [0.4, 0.5) is 0 Å². The third kappa shape index (κ3) is 0.886. The van der Waals surface area contributed by atoms with Gasteiger partial charge >= 0.3 is 0 Å². The Morgan fingerprint density at radius 1 is 0.750 bits per heavy atom. The molecule has 16 heavy (non-hydrogen) atoms. The summed E-state index contributed by atoms with van der Waals surface area (Å²) in [6, 6.07) is 15.9. The molecule has 2 nitrogen and oxygen atoms in total. The molecule has 0 heterocycles. The summed E-state index contributed by atoms with van der Waals surface area (Å²) in [6.07, 6.45) is 0. The molecule has 0 aliphatic heterocycles. The molecule has 1 aliphatic rings. The van der Waals surface area contributed by atoms with E-state index in [9.17, 15) is 0 Å². The van der Waals surface area contributed by atoms with E-state index in [1.807, 2.05) is 36.4 Å². The van der Waals surface area contributed by atoms with Crippen LogP contribution in [0.5, 0.6) is 0 Å². The van der Waals surface area contributed by atoms with Crippen LogP contribution in [-0.4, -0.2) is 0 Å². The monoisotopic (exact) mass is 202 g/mol. The van der Waals surface area contributed by atoms with Crippen LogP contribution in [0.3, 0.4) is 0 Å². The predicted molar refractivity (Wildman–Crippen MR) is 62.0 cm³/mol. The number of benzene rings is 2. The third-order valence-electron chi connectivity index (χ3n) is 2.92. The highest BCUT2D eigenvalue weighted by molar-refractivity contribution is 6.19. The van der Waals surface area contributed by atoms with Crippen molar-refractivity contribution in [2.75, 3.05) is 0 Å². The van der Waals surface area contributed by atoms with E-state index >= 15 is 0 Å². The molecule has 0 bridgehead atoms. The molecule has 0 N–H and O–H groups in total. The van der Waals surface area contributed by atoms with Crippen molar-refractivity contribution in [3.05, 3.63) is 47.5 Å². The van der Waals surface area contributed by atoms with Crippen molar-refractivity contribution in [2.24, 2.45) is 0 Å². The summed E-state index contributed by atoms with van der Waals surface area (Å²) in [5.74, 6) is 0. The lowest BCUT2D eigenvalue weighted by Crippen LogP contribution is -1.79. The molecule has 3 rings (SSSR count). The van der Waals surface area contributed by atoms with Gasteiger partial charge < -0.3 is 0 Å². The topological polar surface area (TPSA) is 47.6 Å². The van der Waals surface area contributed by atoms with Gasteiger partial charge in [-0.1, -0.05) is 36.4 Å². The van der Waals surface area contributed by atoms with Gasteiger partial charge in [-0.05, 0) is 10.8 Å². The molecule has 2 heteroatoms. The van der Waals surface area contributed by atoms with Crippen molar-refractivity contribution < 1.29 is 0 Å². The molecule has 0 aromatic heterocycles. The normalized spacial score (nSPS) is 12.6. The third-order valence-corrected chi connectivity index (χ3v) is 2.92. The molecule has 0 atom stereocenters. The highest BCUT2D eigenvalue weighted by Crippen LogP contribution is 2.40. The molecule has 0 radical (unpaired) electrons. The highest BCUT2D eigenvalue weighted by atomic mass is 14.3. The van der Waals surface area contributed by atoms with Crippen molar-refractivity contribution >= 4 is 21.9 Å². The fraction of sp³-hybridized carbons (Fsp3) is 0. The smallest absolute Gasteiger partial charge is 0.101 e. The Kier molecular flexibility index (Phi) is 1.61. The van der Waals surface area contributed by atoms with Crippen LogP contribution in [0.25, 0.3) is 21.9 Å². The van der Waals surface area contributed by atoms with Crippen LogP contribution >= 0.6 is 0 Å². The van der Waals surface area contributed by atoms with E-state index < -0.39 is 0 Å². The van der Waals surface area contributed by atoms with Gasteiger partial charge in [-0.2, -0.15) is 10.5 Å². The summed E-state index contributed by atoms with van der Waals surface area (Å²) in [5.41, 5.74) is 2.75. The lowest BCUT2D eigenvalue weighted by molar-refractivity contribution is 1.52.